The maximum atomic E-state index is 11.9. The first-order chi connectivity index (χ1) is 4.72. The van der Waals surface area contributed by atoms with E-state index in [4.69, 9.17) is 0 Å². The van der Waals surface area contributed by atoms with Crippen LogP contribution in [-0.4, -0.2) is 19.0 Å². The highest BCUT2D eigenvalue weighted by atomic mass is 19.3. The lowest BCUT2D eigenvalue weighted by atomic mass is 10.3. The topological polar surface area (TPSA) is 12.0 Å². The molecule has 0 spiro atoms. The lowest BCUT2D eigenvalue weighted by molar-refractivity contribution is 0.118. The molecule has 0 bridgehead atoms. The Morgan fingerprint density at radius 3 is 2.50 bits per heavy atom. The molecule has 0 fully saturated rings. The number of hydrogen-bond acceptors (Lipinski definition) is 1. The smallest absolute Gasteiger partial charge is 0.257 e. The normalized spacial score (nSPS) is 13.6. The Kier molecular flexibility index (Phi) is 5.12. The SMILES string of the molecule is C=CC(NCCC)C(F)F. The second kappa shape index (κ2) is 5.35. The van der Waals surface area contributed by atoms with Crippen molar-refractivity contribution in [2.24, 2.45) is 0 Å². The van der Waals surface area contributed by atoms with Crippen LogP contribution >= 0.6 is 0 Å². The number of alkyl halides is 2. The Balaban J connectivity index is 3.50. The Hall–Kier alpha value is -0.440. The van der Waals surface area contributed by atoms with Gasteiger partial charge >= 0.3 is 0 Å². The maximum absolute atomic E-state index is 11.9. The van der Waals surface area contributed by atoms with Crippen molar-refractivity contribution in [2.75, 3.05) is 6.54 Å². The predicted octanol–water partition coefficient (Wildman–Crippen LogP) is 1.81. The summed E-state index contributed by atoms with van der Waals surface area (Å²) in [6, 6.07) is -0.847. The van der Waals surface area contributed by atoms with Crippen molar-refractivity contribution in [3.8, 4) is 0 Å². The van der Waals surface area contributed by atoms with Gasteiger partial charge in [0.25, 0.3) is 6.43 Å². The maximum Gasteiger partial charge on any atom is 0.257 e. The minimum absolute atomic E-state index is 0.612. The molecule has 0 aliphatic rings. The first-order valence-electron chi connectivity index (χ1n) is 3.36. The van der Waals surface area contributed by atoms with E-state index in [1.807, 2.05) is 6.92 Å². The minimum atomic E-state index is -2.34. The quantitative estimate of drug-likeness (QED) is 0.588. The molecule has 10 heavy (non-hydrogen) atoms. The summed E-state index contributed by atoms with van der Waals surface area (Å²) in [6.07, 6.45) is -0.249. The number of rotatable bonds is 5. The van der Waals surface area contributed by atoms with E-state index < -0.39 is 12.5 Å². The third kappa shape index (κ3) is 3.56. The van der Waals surface area contributed by atoms with Crippen molar-refractivity contribution in [3.05, 3.63) is 12.7 Å². The summed E-state index contributed by atoms with van der Waals surface area (Å²) in [6.45, 7) is 5.83. The number of nitrogens with one attached hydrogen (secondary N) is 1. The molecule has 0 aromatic carbocycles. The van der Waals surface area contributed by atoms with Crippen molar-refractivity contribution in [2.45, 2.75) is 25.8 Å². The van der Waals surface area contributed by atoms with Crippen LogP contribution in [0, 0.1) is 0 Å². The van der Waals surface area contributed by atoms with Crippen molar-refractivity contribution < 1.29 is 8.78 Å². The van der Waals surface area contributed by atoms with E-state index in [2.05, 4.69) is 11.9 Å². The van der Waals surface area contributed by atoms with Gasteiger partial charge in [0, 0.05) is 0 Å². The predicted molar refractivity (Wildman–Crippen MR) is 38.3 cm³/mol. The summed E-state index contributed by atoms with van der Waals surface area (Å²) in [5.41, 5.74) is 0. The van der Waals surface area contributed by atoms with Gasteiger partial charge in [0.05, 0.1) is 6.04 Å². The monoisotopic (exact) mass is 149 g/mol. The van der Waals surface area contributed by atoms with Gasteiger partial charge in [-0.1, -0.05) is 13.0 Å². The van der Waals surface area contributed by atoms with E-state index in [0.29, 0.717) is 6.54 Å². The molecule has 1 N–H and O–H groups in total. The Morgan fingerprint density at radius 1 is 1.60 bits per heavy atom. The zero-order chi connectivity index (χ0) is 7.98. The van der Waals surface area contributed by atoms with Crippen LogP contribution in [0.3, 0.4) is 0 Å². The fraction of sp³-hybridized carbons (Fsp3) is 0.714. The highest BCUT2D eigenvalue weighted by Crippen LogP contribution is 2.00. The molecule has 0 aromatic heterocycles. The zero-order valence-corrected chi connectivity index (χ0v) is 6.11. The summed E-state index contributed by atoms with van der Waals surface area (Å²) in [5, 5.41) is 2.65. The van der Waals surface area contributed by atoms with E-state index in [9.17, 15) is 8.78 Å². The third-order valence-corrected chi connectivity index (χ3v) is 1.16. The Morgan fingerprint density at radius 2 is 2.20 bits per heavy atom. The Labute approximate surface area is 60.1 Å². The first kappa shape index (κ1) is 9.56. The standard InChI is InChI=1S/C7H13F2N/c1-3-5-10-6(4-2)7(8)9/h4,6-7,10H,2-3,5H2,1H3. The molecule has 3 heteroatoms. The van der Waals surface area contributed by atoms with Crippen LogP contribution < -0.4 is 5.32 Å². The van der Waals surface area contributed by atoms with Crippen LogP contribution in [-0.2, 0) is 0 Å². The summed E-state index contributed by atoms with van der Waals surface area (Å²) in [7, 11) is 0. The van der Waals surface area contributed by atoms with Crippen molar-refractivity contribution in [3.63, 3.8) is 0 Å². The Bertz CT molecular complexity index is 93.6. The molecule has 0 radical (unpaired) electrons. The van der Waals surface area contributed by atoms with Crippen molar-refractivity contribution in [1.29, 1.82) is 0 Å². The molecular formula is C7H13F2N. The molecule has 0 heterocycles. The number of hydrogen-bond donors (Lipinski definition) is 1. The average Bonchev–Trinajstić information content (AvgIpc) is 1.89. The van der Waals surface area contributed by atoms with Gasteiger partial charge in [0.15, 0.2) is 0 Å². The summed E-state index contributed by atoms with van der Waals surface area (Å²) in [5.74, 6) is 0. The van der Waals surface area contributed by atoms with Gasteiger partial charge in [0.1, 0.15) is 0 Å². The minimum Gasteiger partial charge on any atom is -0.306 e. The van der Waals surface area contributed by atoms with Crippen LogP contribution in [0.2, 0.25) is 0 Å². The molecule has 60 valence electrons. The van der Waals surface area contributed by atoms with E-state index in [1.165, 1.54) is 6.08 Å². The molecule has 0 rings (SSSR count). The molecular weight excluding hydrogens is 136 g/mol. The van der Waals surface area contributed by atoms with E-state index >= 15 is 0 Å². The third-order valence-electron chi connectivity index (χ3n) is 1.16. The van der Waals surface area contributed by atoms with Crippen molar-refractivity contribution in [1.82, 2.24) is 5.32 Å². The fourth-order valence-corrected chi connectivity index (χ4v) is 0.586. The van der Waals surface area contributed by atoms with Gasteiger partial charge in [-0.2, -0.15) is 0 Å². The highest BCUT2D eigenvalue weighted by Gasteiger charge is 2.14. The van der Waals surface area contributed by atoms with E-state index in [-0.39, 0.29) is 0 Å². The molecule has 1 nitrogen and oxygen atoms in total. The highest BCUT2D eigenvalue weighted by molar-refractivity contribution is 4.87. The summed E-state index contributed by atoms with van der Waals surface area (Å²) in [4.78, 5) is 0. The molecule has 0 saturated carbocycles. The van der Waals surface area contributed by atoms with Gasteiger partial charge in [-0.3, -0.25) is 0 Å². The lowest BCUT2D eigenvalue weighted by Crippen LogP contribution is -2.33. The summed E-state index contributed by atoms with van der Waals surface area (Å²) >= 11 is 0. The van der Waals surface area contributed by atoms with E-state index in [0.717, 1.165) is 6.42 Å². The molecule has 1 atom stereocenters. The largest absolute Gasteiger partial charge is 0.306 e. The van der Waals surface area contributed by atoms with Crippen molar-refractivity contribution >= 4 is 0 Å². The van der Waals surface area contributed by atoms with Crippen LogP contribution in [0.5, 0.6) is 0 Å². The van der Waals surface area contributed by atoms with Crippen LogP contribution in [0.4, 0.5) is 8.78 Å². The van der Waals surface area contributed by atoms with E-state index in [1.54, 1.807) is 0 Å². The summed E-state index contributed by atoms with van der Waals surface area (Å²) < 4.78 is 23.8. The molecule has 0 aliphatic carbocycles. The molecule has 1 unspecified atom stereocenters. The average molecular weight is 149 g/mol. The fourth-order valence-electron chi connectivity index (χ4n) is 0.586. The molecule has 0 aliphatic heterocycles. The second-order valence-corrected chi connectivity index (χ2v) is 2.05. The molecule has 0 saturated heterocycles. The van der Waals surface area contributed by atoms with Crippen LogP contribution in [0.15, 0.2) is 12.7 Å². The van der Waals surface area contributed by atoms with Gasteiger partial charge in [0.2, 0.25) is 0 Å². The first-order valence-corrected chi connectivity index (χ1v) is 3.36. The molecule has 0 aromatic rings. The van der Waals surface area contributed by atoms with Crippen LogP contribution in [0.1, 0.15) is 13.3 Å². The second-order valence-electron chi connectivity index (χ2n) is 2.05. The number of halogens is 2. The van der Waals surface area contributed by atoms with Crippen LogP contribution in [0.25, 0.3) is 0 Å². The van der Waals surface area contributed by atoms with Gasteiger partial charge in [-0.25, -0.2) is 8.78 Å². The van der Waals surface area contributed by atoms with Gasteiger partial charge in [-0.05, 0) is 13.0 Å². The lowest BCUT2D eigenvalue weighted by Gasteiger charge is -2.11. The van der Waals surface area contributed by atoms with Gasteiger partial charge in [-0.15, -0.1) is 6.58 Å². The van der Waals surface area contributed by atoms with Gasteiger partial charge < -0.3 is 5.32 Å². The zero-order valence-electron chi connectivity index (χ0n) is 6.11. The molecule has 0 amide bonds.